The lowest BCUT2D eigenvalue weighted by Crippen LogP contribution is -2.51. The molecule has 1 aliphatic carbocycles. The number of rotatable bonds is 5. The van der Waals surface area contributed by atoms with E-state index >= 15 is 0 Å². The summed E-state index contributed by atoms with van der Waals surface area (Å²) in [6.45, 7) is 4.47. The van der Waals surface area contributed by atoms with Gasteiger partial charge < -0.3 is 20.4 Å². The van der Waals surface area contributed by atoms with E-state index in [2.05, 4.69) is 57.8 Å². The van der Waals surface area contributed by atoms with E-state index in [1.165, 1.54) is 31.4 Å². The molecule has 1 aromatic carbocycles. The van der Waals surface area contributed by atoms with E-state index in [0.29, 0.717) is 18.0 Å². The fourth-order valence-electron chi connectivity index (χ4n) is 4.07. The molecule has 0 radical (unpaired) electrons. The van der Waals surface area contributed by atoms with Crippen LogP contribution in [0, 0.1) is 5.92 Å². The Kier molecular flexibility index (Phi) is 7.18. The Morgan fingerprint density at radius 2 is 1.89 bits per heavy atom. The van der Waals surface area contributed by atoms with Gasteiger partial charge in [-0.2, -0.15) is 0 Å². The zero-order valence-electron chi connectivity index (χ0n) is 17.5. The van der Waals surface area contributed by atoms with E-state index in [1.54, 1.807) is 19.0 Å². The molecular formula is C22H35N5O. The normalized spacial score (nSPS) is 25.5. The molecule has 3 rings (SSSR count). The van der Waals surface area contributed by atoms with Crippen molar-refractivity contribution in [3.63, 3.8) is 0 Å². The molecule has 3 atom stereocenters. The van der Waals surface area contributed by atoms with Crippen molar-refractivity contribution in [2.75, 3.05) is 38.6 Å². The van der Waals surface area contributed by atoms with Crippen LogP contribution in [0.1, 0.15) is 39.0 Å². The fourth-order valence-corrected chi connectivity index (χ4v) is 4.07. The third kappa shape index (κ3) is 5.63. The lowest BCUT2D eigenvalue weighted by atomic mass is 9.86. The first-order valence-corrected chi connectivity index (χ1v) is 10.6. The second kappa shape index (κ2) is 9.80. The highest BCUT2D eigenvalue weighted by Gasteiger charge is 2.26. The van der Waals surface area contributed by atoms with E-state index < -0.39 is 0 Å². The Bertz CT molecular complexity index is 660. The van der Waals surface area contributed by atoms with Gasteiger partial charge in [-0.15, -0.1) is 0 Å². The van der Waals surface area contributed by atoms with Gasteiger partial charge in [-0.05, 0) is 37.3 Å². The topological polar surface area (TPSA) is 60.0 Å². The van der Waals surface area contributed by atoms with E-state index in [4.69, 9.17) is 0 Å². The average molecular weight is 386 g/mol. The largest absolute Gasteiger partial charge is 0.369 e. The van der Waals surface area contributed by atoms with Crippen molar-refractivity contribution in [1.29, 1.82) is 0 Å². The molecule has 2 N–H and O–H groups in total. The predicted molar refractivity (Wildman–Crippen MR) is 116 cm³/mol. The van der Waals surface area contributed by atoms with Crippen molar-refractivity contribution < 1.29 is 4.79 Å². The molecule has 1 aromatic rings. The summed E-state index contributed by atoms with van der Waals surface area (Å²) < 4.78 is 0. The molecule has 3 unspecified atom stereocenters. The van der Waals surface area contributed by atoms with Crippen molar-refractivity contribution in [1.82, 2.24) is 15.5 Å². The van der Waals surface area contributed by atoms with Gasteiger partial charge in [-0.25, -0.2) is 4.99 Å². The summed E-state index contributed by atoms with van der Waals surface area (Å²) >= 11 is 0. The Hall–Kier alpha value is -2.24. The number of guanidine groups is 1. The second-order valence-corrected chi connectivity index (χ2v) is 8.38. The summed E-state index contributed by atoms with van der Waals surface area (Å²) in [5, 5.41) is 7.24. The van der Waals surface area contributed by atoms with Gasteiger partial charge in [0.25, 0.3) is 0 Å². The van der Waals surface area contributed by atoms with Crippen LogP contribution in [0.3, 0.4) is 0 Å². The number of nitrogens with zero attached hydrogens (tertiary/aromatic N) is 3. The van der Waals surface area contributed by atoms with Gasteiger partial charge >= 0.3 is 0 Å². The highest BCUT2D eigenvalue weighted by Crippen LogP contribution is 2.24. The van der Waals surface area contributed by atoms with Crippen molar-refractivity contribution in [3.8, 4) is 0 Å². The highest BCUT2D eigenvalue weighted by molar-refractivity contribution is 5.85. The molecule has 1 aliphatic heterocycles. The Morgan fingerprint density at radius 3 is 2.61 bits per heavy atom. The first-order valence-electron chi connectivity index (χ1n) is 10.6. The molecule has 1 saturated carbocycles. The SMILES string of the molecule is CC1CCCCC1NC(=NCC(=O)N(C)C)NC1CCN(c2ccccc2)C1. The van der Waals surface area contributed by atoms with Gasteiger partial charge in [0, 0.05) is 45.0 Å². The minimum Gasteiger partial charge on any atom is -0.369 e. The first-order chi connectivity index (χ1) is 13.5. The quantitative estimate of drug-likeness (QED) is 0.604. The third-order valence-electron chi connectivity index (χ3n) is 5.96. The van der Waals surface area contributed by atoms with Crippen LogP contribution in [0.15, 0.2) is 35.3 Å². The zero-order valence-corrected chi connectivity index (χ0v) is 17.5. The van der Waals surface area contributed by atoms with Crippen LogP contribution in [0.5, 0.6) is 0 Å². The number of carbonyl (C=O) groups excluding carboxylic acids is 1. The lowest BCUT2D eigenvalue weighted by molar-refractivity contribution is -0.127. The maximum absolute atomic E-state index is 12.0. The molecule has 6 nitrogen and oxygen atoms in total. The van der Waals surface area contributed by atoms with Crippen molar-refractivity contribution >= 4 is 17.6 Å². The standard InChI is InChI=1S/C22H35N5O/c1-17-9-7-8-12-20(17)25-22(23-15-21(28)26(2)3)24-18-13-14-27(16-18)19-10-5-4-6-11-19/h4-6,10-11,17-18,20H,7-9,12-16H2,1-3H3,(H2,23,24,25). The number of benzene rings is 1. The van der Waals surface area contributed by atoms with Crippen molar-refractivity contribution in [2.45, 2.75) is 51.1 Å². The van der Waals surface area contributed by atoms with Crippen molar-refractivity contribution in [2.24, 2.45) is 10.9 Å². The number of hydrogen-bond acceptors (Lipinski definition) is 3. The molecule has 2 fully saturated rings. The Morgan fingerprint density at radius 1 is 1.14 bits per heavy atom. The molecule has 0 spiro atoms. The number of carbonyl (C=O) groups is 1. The summed E-state index contributed by atoms with van der Waals surface area (Å²) in [7, 11) is 3.55. The smallest absolute Gasteiger partial charge is 0.243 e. The molecule has 0 aromatic heterocycles. The van der Waals surface area contributed by atoms with Crippen LogP contribution in [-0.4, -0.2) is 62.6 Å². The summed E-state index contributed by atoms with van der Waals surface area (Å²) in [4.78, 5) is 20.7. The van der Waals surface area contributed by atoms with Crippen LogP contribution in [0.25, 0.3) is 0 Å². The highest BCUT2D eigenvalue weighted by atomic mass is 16.2. The molecule has 28 heavy (non-hydrogen) atoms. The van der Waals surface area contributed by atoms with Gasteiger partial charge in [-0.1, -0.05) is 38.0 Å². The summed E-state index contributed by atoms with van der Waals surface area (Å²) in [6.07, 6.45) is 6.07. The number of likely N-dealkylation sites (N-methyl/N-ethyl adjacent to an activating group) is 1. The summed E-state index contributed by atoms with van der Waals surface area (Å²) in [5.74, 6) is 1.44. The summed E-state index contributed by atoms with van der Waals surface area (Å²) in [6, 6.07) is 11.3. The first kappa shape index (κ1) is 20.5. The molecule has 2 aliphatic rings. The fraction of sp³-hybridized carbons (Fsp3) is 0.636. The van der Waals surface area contributed by atoms with Gasteiger partial charge in [0.15, 0.2) is 5.96 Å². The molecule has 154 valence electrons. The minimum atomic E-state index is 0.0233. The van der Waals surface area contributed by atoms with E-state index in [1.807, 2.05) is 0 Å². The molecule has 1 amide bonds. The van der Waals surface area contributed by atoms with Gasteiger partial charge in [0.05, 0.1) is 0 Å². The lowest BCUT2D eigenvalue weighted by Gasteiger charge is -2.31. The second-order valence-electron chi connectivity index (χ2n) is 8.38. The van der Waals surface area contributed by atoms with Gasteiger partial charge in [0.2, 0.25) is 5.91 Å². The predicted octanol–water partition coefficient (Wildman–Crippen LogP) is 2.47. The van der Waals surface area contributed by atoms with Gasteiger partial charge in [0.1, 0.15) is 6.54 Å². The third-order valence-corrected chi connectivity index (χ3v) is 5.96. The molecular weight excluding hydrogens is 350 g/mol. The minimum absolute atomic E-state index is 0.0233. The van der Waals surface area contributed by atoms with Crippen LogP contribution >= 0.6 is 0 Å². The van der Waals surface area contributed by atoms with Crippen LogP contribution in [-0.2, 0) is 4.79 Å². The maximum Gasteiger partial charge on any atom is 0.243 e. The number of amides is 1. The summed E-state index contributed by atoms with van der Waals surface area (Å²) in [5.41, 5.74) is 1.27. The van der Waals surface area contributed by atoms with Gasteiger partial charge in [-0.3, -0.25) is 4.79 Å². The maximum atomic E-state index is 12.0. The van der Waals surface area contributed by atoms with E-state index in [0.717, 1.165) is 25.5 Å². The average Bonchev–Trinajstić information content (AvgIpc) is 3.16. The molecule has 6 heteroatoms. The zero-order chi connectivity index (χ0) is 19.9. The number of anilines is 1. The van der Waals surface area contributed by atoms with Crippen LogP contribution < -0.4 is 15.5 Å². The van der Waals surface area contributed by atoms with E-state index in [9.17, 15) is 4.79 Å². The molecule has 0 bridgehead atoms. The van der Waals surface area contributed by atoms with Crippen LogP contribution in [0.2, 0.25) is 0 Å². The molecule has 1 heterocycles. The van der Waals surface area contributed by atoms with E-state index in [-0.39, 0.29) is 12.5 Å². The number of hydrogen-bond donors (Lipinski definition) is 2. The Balaban J connectivity index is 1.63. The number of para-hydroxylation sites is 1. The Labute approximate surface area is 169 Å². The number of nitrogens with one attached hydrogen (secondary N) is 2. The molecule has 1 saturated heterocycles. The monoisotopic (exact) mass is 385 g/mol. The van der Waals surface area contributed by atoms with Crippen molar-refractivity contribution in [3.05, 3.63) is 30.3 Å². The number of aliphatic imine (C=N–C) groups is 1. The van der Waals surface area contributed by atoms with Crippen LogP contribution in [0.4, 0.5) is 5.69 Å².